The molecule has 1 aromatic heterocycles. The topological polar surface area (TPSA) is 225 Å². The number of ether oxygens (including phenoxy) is 11. The summed E-state index contributed by atoms with van der Waals surface area (Å²) in [5.41, 5.74) is 8.79. The van der Waals surface area contributed by atoms with E-state index in [1.54, 1.807) is 17.0 Å². The van der Waals surface area contributed by atoms with E-state index in [1.165, 1.54) is 11.3 Å². The molecule has 0 fully saturated rings. The van der Waals surface area contributed by atoms with E-state index < -0.39 is 41.4 Å². The highest BCUT2D eigenvalue weighted by atomic mass is 32.1. The number of carbonyl (C=O) groups is 2. The molecule has 0 unspecified atom stereocenters. The molecule has 2 heterocycles. The minimum absolute atomic E-state index is 0.0151. The largest absolute Gasteiger partial charge is 0.420 e. The van der Waals surface area contributed by atoms with Crippen molar-refractivity contribution in [2.24, 2.45) is 15.7 Å². The number of nitrogens with one attached hydrogen (secondary N) is 1. The lowest BCUT2D eigenvalue weighted by Crippen LogP contribution is -2.34. The highest BCUT2D eigenvalue weighted by Crippen LogP contribution is 2.31. The van der Waals surface area contributed by atoms with Crippen molar-refractivity contribution in [3.63, 3.8) is 0 Å². The van der Waals surface area contributed by atoms with Crippen molar-refractivity contribution in [2.75, 3.05) is 157 Å². The number of carbonyl (C=O) groups excluding carboxylic acids is 2. The molecule has 2 aromatic carbocycles. The monoisotopic (exact) mass is 1120 g/mol. The molecule has 78 heavy (non-hydrogen) atoms. The average Bonchev–Trinajstić information content (AvgIpc) is 3.80. The van der Waals surface area contributed by atoms with Crippen LogP contribution in [0.3, 0.4) is 0 Å². The van der Waals surface area contributed by atoms with Crippen LogP contribution in [0, 0.1) is 46.4 Å². The highest BCUT2D eigenvalue weighted by molar-refractivity contribution is 7.11. The molecule has 3 aromatic rings. The van der Waals surface area contributed by atoms with Gasteiger partial charge in [-0.05, 0) is 42.1 Å². The fourth-order valence-electron chi connectivity index (χ4n) is 6.70. The van der Waals surface area contributed by atoms with E-state index in [2.05, 4.69) is 33.0 Å². The standard InChI is InChI=1S/C54H70F4N6O13S/c1-2-13-64(54(66)42-37-47-46(11-35-78-47)63-48(60)38-42)14-5-3-4-9-49(62-43-8-6-7-41(36-43)40-59)61-12-16-68-18-20-70-22-24-72-26-28-74-30-32-76-34-33-75-31-29-73-27-25-71-23-21-69-19-17-67-15-10-50(65)77-53-51(57)44(55)39-45(56)52(53)58/h6-8,11,35-37,39H,2,4,9-10,12-34,38H2,1H3,(H2,60,63)(H,61,62). The first-order valence-electron chi connectivity index (χ1n) is 25.6. The van der Waals surface area contributed by atoms with Crippen LogP contribution >= 0.6 is 11.3 Å². The lowest BCUT2D eigenvalue weighted by molar-refractivity contribution is -0.136. The van der Waals surface area contributed by atoms with Gasteiger partial charge >= 0.3 is 5.97 Å². The molecule has 0 saturated carbocycles. The van der Waals surface area contributed by atoms with Gasteiger partial charge in [-0.1, -0.05) is 18.9 Å². The Morgan fingerprint density at radius 1 is 0.718 bits per heavy atom. The summed E-state index contributed by atoms with van der Waals surface area (Å²) >= 11 is 1.52. The summed E-state index contributed by atoms with van der Waals surface area (Å²) in [6, 6.07) is 11.2. The molecule has 0 atom stereocenters. The number of nitriles is 1. The van der Waals surface area contributed by atoms with Crippen LogP contribution < -0.4 is 15.8 Å². The van der Waals surface area contributed by atoms with Gasteiger partial charge in [0.2, 0.25) is 17.4 Å². The number of nitrogens with zero attached hydrogens (tertiary/aromatic N) is 4. The number of aliphatic imine (C=N–C) groups is 2. The number of amidine groups is 2. The van der Waals surface area contributed by atoms with E-state index in [-0.39, 0.29) is 51.4 Å². The third kappa shape index (κ3) is 27.1. The molecular weight excluding hydrogens is 1050 g/mol. The number of nitrogens with two attached hydrogens (primary N) is 1. The Kier molecular flexibility index (Phi) is 33.4. The van der Waals surface area contributed by atoms with Crippen molar-refractivity contribution >= 4 is 52.3 Å². The number of hydrogen-bond acceptors (Lipinski definition) is 18. The number of anilines is 1. The van der Waals surface area contributed by atoms with Crippen LogP contribution in [0.2, 0.25) is 0 Å². The first kappa shape index (κ1) is 64.7. The summed E-state index contributed by atoms with van der Waals surface area (Å²) < 4.78 is 113. The Hall–Kier alpha value is -5.87. The SMILES string of the molecule is CCCN(CC#CCCC(=NCCOCCOCCOCCOCCOCCOCCOCCOCCOCCOCCC(=O)Oc1c(F)c(F)cc(F)c1F)Nc1cccc(C#N)c1)C(=O)C1=Cc2sccc2N=C(N)C1. The summed E-state index contributed by atoms with van der Waals surface area (Å²) in [6.45, 7) is 10.1. The maximum atomic E-state index is 13.6. The number of esters is 1. The van der Waals surface area contributed by atoms with Gasteiger partial charge in [-0.3, -0.25) is 14.6 Å². The summed E-state index contributed by atoms with van der Waals surface area (Å²) in [4.78, 5) is 37.1. The zero-order valence-electron chi connectivity index (χ0n) is 44.0. The lowest BCUT2D eigenvalue weighted by Gasteiger charge is -2.21. The second-order valence-electron chi connectivity index (χ2n) is 16.5. The molecule has 24 heteroatoms. The minimum atomic E-state index is -1.80. The smallest absolute Gasteiger partial charge is 0.313 e. The zero-order valence-corrected chi connectivity index (χ0v) is 44.8. The number of rotatable bonds is 41. The Morgan fingerprint density at radius 2 is 1.24 bits per heavy atom. The molecule has 428 valence electrons. The molecule has 0 aliphatic carbocycles. The maximum Gasteiger partial charge on any atom is 0.313 e. The van der Waals surface area contributed by atoms with Crippen LogP contribution in [0.15, 0.2) is 57.3 Å². The van der Waals surface area contributed by atoms with Gasteiger partial charge in [-0.2, -0.15) is 14.0 Å². The van der Waals surface area contributed by atoms with Crippen LogP contribution in [0.1, 0.15) is 49.5 Å². The molecule has 19 nitrogen and oxygen atoms in total. The predicted octanol–water partition coefficient (Wildman–Crippen LogP) is 6.65. The van der Waals surface area contributed by atoms with Crippen molar-refractivity contribution in [3.05, 3.63) is 81.1 Å². The highest BCUT2D eigenvalue weighted by Gasteiger charge is 2.24. The van der Waals surface area contributed by atoms with Crippen LogP contribution in [0.25, 0.3) is 6.08 Å². The van der Waals surface area contributed by atoms with Gasteiger partial charge < -0.3 is 68.1 Å². The number of benzene rings is 2. The predicted molar refractivity (Wildman–Crippen MR) is 284 cm³/mol. The van der Waals surface area contributed by atoms with Gasteiger partial charge in [0.25, 0.3) is 5.91 Å². The van der Waals surface area contributed by atoms with Crippen molar-refractivity contribution < 1.29 is 79.3 Å². The molecule has 1 amide bonds. The van der Waals surface area contributed by atoms with E-state index in [0.717, 1.165) is 22.7 Å². The molecule has 0 spiro atoms. The summed E-state index contributed by atoms with van der Waals surface area (Å²) in [6.07, 6.45) is 3.58. The number of fused-ring (bicyclic) bond motifs is 1. The Bertz CT molecular complexity index is 2420. The van der Waals surface area contributed by atoms with Gasteiger partial charge in [-0.15, -0.1) is 17.3 Å². The molecule has 1 aliphatic rings. The Morgan fingerprint density at radius 3 is 1.77 bits per heavy atom. The van der Waals surface area contributed by atoms with E-state index in [0.29, 0.717) is 154 Å². The first-order valence-corrected chi connectivity index (χ1v) is 26.4. The second kappa shape index (κ2) is 40.3. The summed E-state index contributed by atoms with van der Waals surface area (Å²) in [5.74, 6) is -2.14. The normalized spacial score (nSPS) is 12.2. The first-order chi connectivity index (χ1) is 38.1. The van der Waals surface area contributed by atoms with E-state index in [4.69, 9.17) is 58.1 Å². The van der Waals surface area contributed by atoms with Crippen molar-refractivity contribution in [2.45, 2.75) is 39.0 Å². The molecular formula is C54H70F4N6O13S. The zero-order chi connectivity index (χ0) is 55.8. The van der Waals surface area contributed by atoms with Crippen LogP contribution in [-0.4, -0.2) is 180 Å². The minimum Gasteiger partial charge on any atom is -0.420 e. The quantitative estimate of drug-likeness (QED) is 0.00887. The van der Waals surface area contributed by atoms with E-state index in [9.17, 15) is 32.4 Å². The fourth-order valence-corrected chi connectivity index (χ4v) is 7.49. The third-order valence-corrected chi connectivity index (χ3v) is 11.3. The fraction of sp³-hybridized carbons (Fsp3) is 0.537. The number of halogens is 4. The van der Waals surface area contributed by atoms with Gasteiger partial charge in [-0.25, -0.2) is 13.8 Å². The Labute approximate surface area is 456 Å². The maximum absolute atomic E-state index is 13.6. The number of thiophene rings is 1. The van der Waals surface area contributed by atoms with Crippen LogP contribution in [0.5, 0.6) is 5.75 Å². The Balaban J connectivity index is 0.903. The molecule has 4 rings (SSSR count). The van der Waals surface area contributed by atoms with E-state index >= 15 is 0 Å². The van der Waals surface area contributed by atoms with Gasteiger partial charge in [0.15, 0.2) is 11.6 Å². The molecule has 0 saturated heterocycles. The molecule has 3 N–H and O–H groups in total. The number of amides is 1. The van der Waals surface area contributed by atoms with Crippen LogP contribution in [0.4, 0.5) is 28.9 Å². The lowest BCUT2D eigenvalue weighted by atomic mass is 10.1. The van der Waals surface area contributed by atoms with Gasteiger partial charge in [0.05, 0.1) is 174 Å². The second-order valence-corrected chi connectivity index (χ2v) is 17.4. The van der Waals surface area contributed by atoms with Gasteiger partial charge in [0, 0.05) is 43.1 Å². The van der Waals surface area contributed by atoms with Crippen molar-refractivity contribution in [1.82, 2.24) is 4.90 Å². The van der Waals surface area contributed by atoms with Gasteiger partial charge in [0.1, 0.15) is 11.7 Å². The summed E-state index contributed by atoms with van der Waals surface area (Å²) in [7, 11) is 0. The molecule has 1 aliphatic heterocycles. The van der Waals surface area contributed by atoms with Crippen molar-refractivity contribution in [3.8, 4) is 23.7 Å². The van der Waals surface area contributed by atoms with Crippen LogP contribution in [-0.2, 0) is 57.0 Å². The van der Waals surface area contributed by atoms with E-state index in [1.807, 2.05) is 36.6 Å². The average molecular weight is 1120 g/mol. The molecule has 0 radical (unpaired) electrons. The molecule has 0 bridgehead atoms. The number of hydrogen-bond donors (Lipinski definition) is 2. The summed E-state index contributed by atoms with van der Waals surface area (Å²) in [5, 5.41) is 14.6. The third-order valence-electron chi connectivity index (χ3n) is 10.5. The van der Waals surface area contributed by atoms with Crippen molar-refractivity contribution in [1.29, 1.82) is 5.26 Å².